The van der Waals surface area contributed by atoms with E-state index in [1.54, 1.807) is 0 Å². The number of rotatable bonds is 7. The van der Waals surface area contributed by atoms with E-state index in [4.69, 9.17) is 4.74 Å². The molecule has 1 fully saturated rings. The zero-order valence-corrected chi connectivity index (χ0v) is 18.7. The van der Waals surface area contributed by atoms with Crippen LogP contribution in [0, 0.1) is 0 Å². The summed E-state index contributed by atoms with van der Waals surface area (Å²) in [4.78, 5) is 18.1. The highest BCUT2D eigenvalue weighted by Crippen LogP contribution is 2.39. The topological polar surface area (TPSA) is 32.8 Å². The van der Waals surface area contributed by atoms with Crippen LogP contribution < -0.4 is 9.64 Å². The highest BCUT2D eigenvalue weighted by atomic mass is 16.5. The molecule has 2 heterocycles. The minimum Gasteiger partial charge on any atom is -0.474 e. The van der Waals surface area contributed by atoms with E-state index in [1.165, 1.54) is 50.7 Å². The summed E-state index contributed by atoms with van der Waals surface area (Å²) in [6.45, 7) is 4.43. The number of fused-ring (bicyclic) bond motifs is 2. The number of para-hydroxylation sites is 2. The number of anilines is 1. The maximum absolute atomic E-state index is 13.5. The first-order valence-corrected chi connectivity index (χ1v) is 12.1. The summed E-state index contributed by atoms with van der Waals surface area (Å²) in [5.41, 5.74) is 1.81. The van der Waals surface area contributed by atoms with Gasteiger partial charge in [0.1, 0.15) is 5.75 Å². The first kappa shape index (κ1) is 21.0. The van der Waals surface area contributed by atoms with Gasteiger partial charge in [-0.25, -0.2) is 0 Å². The third-order valence-corrected chi connectivity index (χ3v) is 6.77. The lowest BCUT2D eigenvalue weighted by atomic mass is 10.0. The lowest BCUT2D eigenvalue weighted by Crippen LogP contribution is -2.41. The van der Waals surface area contributed by atoms with Gasteiger partial charge in [0.15, 0.2) is 0 Å². The van der Waals surface area contributed by atoms with Gasteiger partial charge in [0.2, 0.25) is 6.10 Å². The fourth-order valence-electron chi connectivity index (χ4n) is 4.99. The Kier molecular flexibility index (Phi) is 6.40. The molecule has 1 unspecified atom stereocenters. The van der Waals surface area contributed by atoms with Gasteiger partial charge in [-0.15, -0.1) is 0 Å². The van der Waals surface area contributed by atoms with Crippen molar-refractivity contribution in [2.75, 3.05) is 31.1 Å². The maximum Gasteiger partial charge on any atom is 0.272 e. The monoisotopic (exact) mass is 428 g/mol. The summed E-state index contributed by atoms with van der Waals surface area (Å²) >= 11 is 0. The lowest BCUT2D eigenvalue weighted by Gasteiger charge is -2.34. The van der Waals surface area contributed by atoms with Crippen molar-refractivity contribution >= 4 is 22.4 Å². The average molecular weight is 429 g/mol. The molecule has 0 radical (unpaired) electrons. The fourth-order valence-corrected chi connectivity index (χ4v) is 4.99. The second-order valence-corrected chi connectivity index (χ2v) is 9.03. The molecule has 0 aliphatic carbocycles. The quantitative estimate of drug-likeness (QED) is 0.435. The second kappa shape index (κ2) is 9.74. The molecule has 0 aromatic heterocycles. The van der Waals surface area contributed by atoms with Gasteiger partial charge in [-0.1, -0.05) is 61.4 Å². The number of carbonyl (C=O) groups is 1. The van der Waals surface area contributed by atoms with E-state index >= 15 is 0 Å². The molecule has 3 aromatic rings. The number of likely N-dealkylation sites (tertiary alicyclic amines) is 1. The predicted octanol–water partition coefficient (Wildman–Crippen LogP) is 5.96. The molecule has 0 spiro atoms. The highest BCUT2D eigenvalue weighted by molar-refractivity contribution is 6.01. The first-order chi connectivity index (χ1) is 15.8. The third kappa shape index (κ3) is 4.51. The molecule has 2 aliphatic rings. The summed E-state index contributed by atoms with van der Waals surface area (Å²) in [5, 5.41) is 2.30. The van der Waals surface area contributed by atoms with Crippen molar-refractivity contribution in [1.29, 1.82) is 0 Å². The molecule has 166 valence electrons. The Bertz CT molecular complexity index is 1070. The van der Waals surface area contributed by atoms with Crippen LogP contribution in [0.4, 0.5) is 5.69 Å². The number of amides is 1. The summed E-state index contributed by atoms with van der Waals surface area (Å²) in [7, 11) is 0. The van der Waals surface area contributed by atoms with Crippen LogP contribution in [0.15, 0.2) is 66.7 Å². The van der Waals surface area contributed by atoms with Crippen molar-refractivity contribution < 1.29 is 9.53 Å². The number of hydrogen-bond donors (Lipinski definition) is 0. The first-order valence-electron chi connectivity index (χ1n) is 12.1. The van der Waals surface area contributed by atoms with Gasteiger partial charge in [0.05, 0.1) is 5.69 Å². The molecule has 3 aromatic carbocycles. The summed E-state index contributed by atoms with van der Waals surface area (Å²) in [5.74, 6) is 0.827. The van der Waals surface area contributed by atoms with Crippen LogP contribution >= 0.6 is 0 Å². The molecule has 1 atom stereocenters. The normalized spacial score (nSPS) is 19.1. The van der Waals surface area contributed by atoms with Gasteiger partial charge in [-0.2, -0.15) is 0 Å². The standard InChI is InChI=1S/C28H32N2O2/c31-28-27(24-16-15-22-11-3-4-12-23(22)21-24)32-26-14-6-5-13-25(26)30(28)20-10-2-9-19-29-17-7-1-8-18-29/h3-6,11-16,21,27H,1-2,7-10,17-20H2. The molecule has 4 nitrogen and oxygen atoms in total. The number of ether oxygens (including phenoxy) is 1. The van der Waals surface area contributed by atoms with Crippen molar-refractivity contribution in [3.05, 3.63) is 72.3 Å². The molecular formula is C28H32N2O2. The molecule has 4 heteroatoms. The molecule has 2 aliphatic heterocycles. The van der Waals surface area contributed by atoms with Crippen LogP contribution in [-0.2, 0) is 4.79 Å². The summed E-state index contributed by atoms with van der Waals surface area (Å²) < 4.78 is 6.22. The highest BCUT2D eigenvalue weighted by Gasteiger charge is 2.35. The van der Waals surface area contributed by atoms with Crippen LogP contribution in [0.3, 0.4) is 0 Å². The minimum absolute atomic E-state index is 0.0370. The maximum atomic E-state index is 13.5. The molecule has 1 saturated heterocycles. The van der Waals surface area contributed by atoms with Gasteiger partial charge >= 0.3 is 0 Å². The van der Waals surface area contributed by atoms with Crippen molar-refractivity contribution in [3.8, 4) is 5.75 Å². The fraction of sp³-hybridized carbons (Fsp3) is 0.393. The molecule has 0 bridgehead atoms. The third-order valence-electron chi connectivity index (χ3n) is 6.77. The van der Waals surface area contributed by atoms with Gasteiger partial charge in [0.25, 0.3) is 5.91 Å². The molecule has 0 N–H and O–H groups in total. The van der Waals surface area contributed by atoms with Crippen LogP contribution in [0.25, 0.3) is 10.8 Å². The lowest BCUT2D eigenvalue weighted by molar-refractivity contribution is -0.126. The van der Waals surface area contributed by atoms with E-state index in [0.29, 0.717) is 0 Å². The second-order valence-electron chi connectivity index (χ2n) is 9.03. The Morgan fingerprint density at radius 3 is 2.41 bits per heavy atom. The number of hydrogen-bond acceptors (Lipinski definition) is 3. The molecule has 1 amide bonds. The SMILES string of the molecule is O=C1C(c2ccc3ccccc3c2)Oc2ccccc2N1CCCCCN1CCCCC1. The van der Waals surface area contributed by atoms with Crippen molar-refractivity contribution in [3.63, 3.8) is 0 Å². The van der Waals surface area contributed by atoms with E-state index in [0.717, 1.165) is 41.8 Å². The van der Waals surface area contributed by atoms with Gasteiger partial charge < -0.3 is 14.5 Å². The van der Waals surface area contributed by atoms with Crippen LogP contribution in [-0.4, -0.2) is 37.0 Å². The molecule has 0 saturated carbocycles. The zero-order chi connectivity index (χ0) is 21.8. The van der Waals surface area contributed by atoms with Crippen LogP contribution in [0.5, 0.6) is 5.75 Å². The number of nitrogens with zero attached hydrogens (tertiary/aromatic N) is 2. The Hall–Kier alpha value is -2.85. The Morgan fingerprint density at radius 1 is 0.781 bits per heavy atom. The van der Waals surface area contributed by atoms with E-state index in [2.05, 4.69) is 29.2 Å². The molecular weight excluding hydrogens is 396 g/mol. The number of benzene rings is 3. The summed E-state index contributed by atoms with van der Waals surface area (Å²) in [6, 6.07) is 22.4. The minimum atomic E-state index is -0.595. The van der Waals surface area contributed by atoms with Crippen molar-refractivity contribution in [2.24, 2.45) is 0 Å². The van der Waals surface area contributed by atoms with E-state index < -0.39 is 6.10 Å². The average Bonchev–Trinajstić information content (AvgIpc) is 2.85. The van der Waals surface area contributed by atoms with E-state index in [-0.39, 0.29) is 5.91 Å². The zero-order valence-electron chi connectivity index (χ0n) is 18.7. The van der Waals surface area contributed by atoms with Crippen LogP contribution in [0.2, 0.25) is 0 Å². The number of carbonyl (C=O) groups excluding carboxylic acids is 1. The number of unbranched alkanes of at least 4 members (excludes halogenated alkanes) is 2. The summed E-state index contributed by atoms with van der Waals surface area (Å²) in [6.07, 6.45) is 6.83. The van der Waals surface area contributed by atoms with Gasteiger partial charge in [-0.3, -0.25) is 4.79 Å². The Labute approximate surface area is 190 Å². The smallest absolute Gasteiger partial charge is 0.272 e. The van der Waals surface area contributed by atoms with Crippen LogP contribution in [0.1, 0.15) is 50.2 Å². The van der Waals surface area contributed by atoms with E-state index in [9.17, 15) is 4.79 Å². The van der Waals surface area contributed by atoms with Gasteiger partial charge in [0, 0.05) is 12.1 Å². The Balaban J connectivity index is 1.28. The largest absolute Gasteiger partial charge is 0.474 e. The van der Waals surface area contributed by atoms with Crippen molar-refractivity contribution in [2.45, 2.75) is 44.6 Å². The predicted molar refractivity (Wildman–Crippen MR) is 130 cm³/mol. The van der Waals surface area contributed by atoms with E-state index in [1.807, 2.05) is 47.4 Å². The molecule has 5 rings (SSSR count). The Morgan fingerprint density at radius 2 is 1.53 bits per heavy atom. The van der Waals surface area contributed by atoms with Crippen molar-refractivity contribution in [1.82, 2.24) is 4.90 Å². The molecule has 32 heavy (non-hydrogen) atoms. The van der Waals surface area contributed by atoms with Gasteiger partial charge in [-0.05, 0) is 74.3 Å². The number of piperidine rings is 1.